The smallest absolute Gasteiger partial charge is 0.0541 e. The Morgan fingerprint density at radius 2 is 0.800 bits per heavy atom. The number of anilines is 3. The lowest BCUT2D eigenvalue weighted by atomic mass is 9.82. The number of benzene rings is 10. The number of nitrogens with zero attached hydrogens (tertiary/aromatic N) is 2. The van der Waals surface area contributed by atoms with Crippen molar-refractivity contribution >= 4 is 38.9 Å². The van der Waals surface area contributed by atoms with Gasteiger partial charge in [0.1, 0.15) is 0 Å². The molecule has 1 aromatic heterocycles. The quantitative estimate of drug-likeness (QED) is 0.133. The fourth-order valence-corrected chi connectivity index (χ4v) is 13.5. The number of para-hydroxylation sites is 1. The van der Waals surface area contributed by atoms with Gasteiger partial charge in [0.05, 0.1) is 16.7 Å². The molecule has 10 aromatic carbocycles. The van der Waals surface area contributed by atoms with E-state index in [1.54, 1.807) is 0 Å². The van der Waals surface area contributed by atoms with Crippen LogP contribution in [0.15, 0.2) is 231 Å². The molecule has 3 aliphatic carbocycles. The summed E-state index contributed by atoms with van der Waals surface area (Å²) in [4.78, 5) is 2.46. The van der Waals surface area contributed by atoms with E-state index in [9.17, 15) is 0 Å². The van der Waals surface area contributed by atoms with Gasteiger partial charge in [-0.3, -0.25) is 0 Å². The molecule has 11 aromatic rings. The van der Waals surface area contributed by atoms with Gasteiger partial charge in [0.25, 0.3) is 0 Å². The largest absolute Gasteiger partial charge is 0.310 e. The lowest BCUT2D eigenvalue weighted by Crippen LogP contribution is -2.16. The van der Waals surface area contributed by atoms with Crippen molar-refractivity contribution < 1.29 is 0 Å². The van der Waals surface area contributed by atoms with Crippen LogP contribution in [0.1, 0.15) is 99.3 Å². The summed E-state index contributed by atoms with van der Waals surface area (Å²) in [5.74, 6) is 1.39. The van der Waals surface area contributed by atoms with Gasteiger partial charge in [0.15, 0.2) is 0 Å². The van der Waals surface area contributed by atoms with E-state index in [1.165, 1.54) is 157 Å². The molecule has 1 heterocycles. The third-order valence-corrected chi connectivity index (χ3v) is 17.5. The Kier molecular flexibility index (Phi) is 11.3. The van der Waals surface area contributed by atoms with Crippen LogP contribution in [-0.2, 0) is 5.41 Å². The van der Waals surface area contributed by atoms with E-state index >= 15 is 0 Å². The number of aromatic nitrogens is 1. The third kappa shape index (κ3) is 8.02. The molecular weight excluding hydrogens is 905 g/mol. The van der Waals surface area contributed by atoms with Crippen LogP contribution in [0.25, 0.3) is 83.1 Å². The summed E-state index contributed by atoms with van der Waals surface area (Å²) in [6, 6.07) is 86.8. The minimum atomic E-state index is -0.123. The maximum Gasteiger partial charge on any atom is 0.0541 e. The highest BCUT2D eigenvalue weighted by Crippen LogP contribution is 2.52. The van der Waals surface area contributed by atoms with E-state index in [2.05, 4.69) is 254 Å². The molecular formula is C73H62N2. The molecule has 0 unspecified atom stereocenters. The summed E-state index contributed by atoms with van der Waals surface area (Å²) in [5, 5.41) is 2.81. The molecule has 0 aliphatic heterocycles. The van der Waals surface area contributed by atoms with E-state index < -0.39 is 0 Å². The predicted octanol–water partition coefficient (Wildman–Crippen LogP) is 20.5. The molecule has 14 rings (SSSR count). The van der Waals surface area contributed by atoms with Gasteiger partial charge in [-0.05, 0) is 177 Å². The lowest BCUT2D eigenvalue weighted by Gasteiger charge is -2.30. The van der Waals surface area contributed by atoms with Gasteiger partial charge in [-0.15, -0.1) is 0 Å². The highest BCUT2D eigenvalue weighted by atomic mass is 15.1. The molecule has 0 N–H and O–H groups in total. The summed E-state index contributed by atoms with van der Waals surface area (Å²) >= 11 is 0. The van der Waals surface area contributed by atoms with E-state index in [4.69, 9.17) is 0 Å². The minimum absolute atomic E-state index is 0.123. The molecule has 75 heavy (non-hydrogen) atoms. The monoisotopic (exact) mass is 966 g/mol. The van der Waals surface area contributed by atoms with Crippen molar-refractivity contribution in [3.05, 3.63) is 253 Å². The summed E-state index contributed by atoms with van der Waals surface area (Å²) in [5.41, 5.74) is 25.2. The minimum Gasteiger partial charge on any atom is -0.310 e. The van der Waals surface area contributed by atoms with Crippen molar-refractivity contribution in [3.8, 4) is 61.3 Å². The fraction of sp³-hybridized carbons (Fsp3) is 0.178. The fourth-order valence-electron chi connectivity index (χ4n) is 13.5. The van der Waals surface area contributed by atoms with Crippen molar-refractivity contribution in [2.75, 3.05) is 4.90 Å². The summed E-state index contributed by atoms with van der Waals surface area (Å²) in [6.45, 7) is 4.73. The van der Waals surface area contributed by atoms with Crippen LogP contribution in [0, 0.1) is 0 Å². The van der Waals surface area contributed by atoms with Crippen molar-refractivity contribution in [2.24, 2.45) is 0 Å². The number of rotatable bonds is 10. The standard InChI is InChI=1S/C73H62N2/c1-73(2)68-22-12-10-21-64(68)65-43-42-62(48-69(65)73)74(70-23-13-11-20-63(70)57-30-28-52(29-31-57)49-14-4-3-5-15-49)60-38-32-55(33-39-60)53-24-26-54(27-25-53)56-34-40-61(41-35-56)75-71-44-36-58(50-16-6-7-17-50)46-66(71)67-47-59(37-45-72(67)75)51-18-8-9-19-51/h3-5,10-15,20-48,50-51H,6-9,16-19H2,1-2H3. The van der Waals surface area contributed by atoms with Gasteiger partial charge in [0.2, 0.25) is 0 Å². The Morgan fingerprint density at radius 3 is 1.37 bits per heavy atom. The van der Waals surface area contributed by atoms with E-state index in [-0.39, 0.29) is 5.41 Å². The van der Waals surface area contributed by atoms with Crippen LogP contribution >= 0.6 is 0 Å². The Labute approximate surface area is 442 Å². The average Bonchev–Trinajstić information content (AvgIpc) is 4.32. The molecule has 0 atom stereocenters. The van der Waals surface area contributed by atoms with Gasteiger partial charge >= 0.3 is 0 Å². The maximum atomic E-state index is 2.54. The van der Waals surface area contributed by atoms with Crippen molar-refractivity contribution in [1.82, 2.24) is 4.57 Å². The number of hydrogen-bond donors (Lipinski definition) is 0. The molecule has 0 spiro atoms. The van der Waals surface area contributed by atoms with Crippen LogP contribution in [-0.4, -0.2) is 4.57 Å². The second kappa shape index (κ2) is 18.6. The number of hydrogen-bond acceptors (Lipinski definition) is 1. The van der Waals surface area contributed by atoms with Gasteiger partial charge in [0, 0.05) is 38.8 Å². The molecule has 3 aliphatic rings. The number of fused-ring (bicyclic) bond motifs is 6. The zero-order valence-electron chi connectivity index (χ0n) is 43.1. The first kappa shape index (κ1) is 45.4. The van der Waals surface area contributed by atoms with Crippen LogP contribution in [0.3, 0.4) is 0 Å². The summed E-state index contributed by atoms with van der Waals surface area (Å²) in [7, 11) is 0. The van der Waals surface area contributed by atoms with Crippen molar-refractivity contribution in [2.45, 2.75) is 82.5 Å². The van der Waals surface area contributed by atoms with Crippen LogP contribution in [0.4, 0.5) is 17.1 Å². The first-order valence-corrected chi connectivity index (χ1v) is 27.6. The zero-order chi connectivity index (χ0) is 50.0. The van der Waals surface area contributed by atoms with Gasteiger partial charge in [-0.2, -0.15) is 0 Å². The van der Waals surface area contributed by atoms with E-state index in [1.807, 2.05) is 0 Å². The molecule has 2 saturated carbocycles. The van der Waals surface area contributed by atoms with Gasteiger partial charge in [-0.25, -0.2) is 0 Å². The van der Waals surface area contributed by atoms with Crippen LogP contribution < -0.4 is 4.90 Å². The Hall–Kier alpha value is -8.20. The van der Waals surface area contributed by atoms with Gasteiger partial charge < -0.3 is 9.47 Å². The summed E-state index contributed by atoms with van der Waals surface area (Å²) < 4.78 is 2.51. The Bertz CT molecular complexity index is 3810. The lowest BCUT2D eigenvalue weighted by molar-refractivity contribution is 0.660. The molecule has 2 heteroatoms. The SMILES string of the molecule is CC1(C)c2ccccc2-c2ccc(N(c3ccc(-c4ccc(-c5ccc(-n6c7ccc(C8CCCC8)cc7c7cc(C8CCCC8)ccc76)cc5)cc4)cc3)c3ccccc3-c3ccc(-c4ccccc4)cc3)cc21. The predicted molar refractivity (Wildman–Crippen MR) is 317 cm³/mol. The third-order valence-electron chi connectivity index (χ3n) is 17.5. The second-order valence-corrected chi connectivity index (χ2v) is 22.2. The molecule has 0 bridgehead atoms. The molecule has 364 valence electrons. The van der Waals surface area contributed by atoms with Crippen LogP contribution in [0.5, 0.6) is 0 Å². The van der Waals surface area contributed by atoms with Crippen molar-refractivity contribution in [1.29, 1.82) is 0 Å². The normalized spacial score (nSPS) is 15.2. The zero-order valence-corrected chi connectivity index (χ0v) is 43.1. The van der Waals surface area contributed by atoms with E-state index in [0.717, 1.165) is 17.1 Å². The Morgan fingerprint density at radius 1 is 0.360 bits per heavy atom. The first-order chi connectivity index (χ1) is 36.9. The molecule has 0 amide bonds. The van der Waals surface area contributed by atoms with Crippen molar-refractivity contribution in [3.63, 3.8) is 0 Å². The second-order valence-electron chi connectivity index (χ2n) is 22.2. The van der Waals surface area contributed by atoms with Gasteiger partial charge in [-0.1, -0.05) is 203 Å². The molecule has 0 radical (unpaired) electrons. The molecule has 2 fully saturated rings. The summed E-state index contributed by atoms with van der Waals surface area (Å²) in [6.07, 6.45) is 10.7. The average molecular weight is 967 g/mol. The first-order valence-electron chi connectivity index (χ1n) is 27.6. The topological polar surface area (TPSA) is 8.17 Å². The molecule has 2 nitrogen and oxygen atoms in total. The Balaban J connectivity index is 0.779. The van der Waals surface area contributed by atoms with E-state index in [0.29, 0.717) is 11.8 Å². The maximum absolute atomic E-state index is 2.54. The highest BCUT2D eigenvalue weighted by Gasteiger charge is 2.36. The highest BCUT2D eigenvalue weighted by molar-refractivity contribution is 6.10. The molecule has 0 saturated heterocycles. The van der Waals surface area contributed by atoms with Crippen LogP contribution in [0.2, 0.25) is 0 Å².